The van der Waals surface area contributed by atoms with Crippen LogP contribution in [0, 0.1) is 6.92 Å². The van der Waals surface area contributed by atoms with Crippen molar-refractivity contribution in [1.82, 2.24) is 15.3 Å². The number of oxazole rings is 1. The Morgan fingerprint density at radius 3 is 2.79 bits per heavy atom. The molecule has 0 fully saturated rings. The van der Waals surface area contributed by atoms with Crippen molar-refractivity contribution in [1.29, 1.82) is 0 Å². The molecule has 0 aliphatic heterocycles. The zero-order chi connectivity index (χ0) is 14.0. The van der Waals surface area contributed by atoms with Gasteiger partial charge < -0.3 is 9.73 Å². The SMILES string of the molecule is Cc1ccc2oc(SCC(=O)NC(C)(C)C)nc2n1. The molecule has 1 N–H and O–H groups in total. The Kier molecular flexibility index (Phi) is 3.80. The van der Waals surface area contributed by atoms with Crippen molar-refractivity contribution >= 4 is 28.9 Å². The number of aromatic nitrogens is 2. The number of rotatable bonds is 3. The summed E-state index contributed by atoms with van der Waals surface area (Å²) in [6, 6.07) is 3.71. The number of pyridine rings is 1. The summed E-state index contributed by atoms with van der Waals surface area (Å²) in [6.07, 6.45) is 0. The van der Waals surface area contributed by atoms with Gasteiger partial charge in [0.25, 0.3) is 5.22 Å². The van der Waals surface area contributed by atoms with Crippen LogP contribution in [0.3, 0.4) is 0 Å². The van der Waals surface area contributed by atoms with Crippen molar-refractivity contribution < 1.29 is 9.21 Å². The van der Waals surface area contributed by atoms with E-state index in [-0.39, 0.29) is 17.2 Å². The van der Waals surface area contributed by atoms with Crippen molar-refractivity contribution in [3.63, 3.8) is 0 Å². The van der Waals surface area contributed by atoms with Crippen LogP contribution in [-0.2, 0) is 4.79 Å². The number of hydrogen-bond donors (Lipinski definition) is 1. The summed E-state index contributed by atoms with van der Waals surface area (Å²) in [7, 11) is 0. The Hall–Kier alpha value is -1.56. The second kappa shape index (κ2) is 5.21. The maximum absolute atomic E-state index is 11.7. The molecule has 0 aliphatic rings. The fourth-order valence-electron chi connectivity index (χ4n) is 1.54. The smallest absolute Gasteiger partial charge is 0.258 e. The summed E-state index contributed by atoms with van der Waals surface area (Å²) in [4.78, 5) is 20.2. The van der Waals surface area contributed by atoms with E-state index in [0.717, 1.165) is 5.69 Å². The van der Waals surface area contributed by atoms with E-state index in [1.807, 2.05) is 39.8 Å². The van der Waals surface area contributed by atoms with Gasteiger partial charge in [-0.15, -0.1) is 0 Å². The van der Waals surface area contributed by atoms with Gasteiger partial charge in [0.05, 0.1) is 5.75 Å². The molecule has 2 aromatic rings. The zero-order valence-corrected chi connectivity index (χ0v) is 12.3. The number of carbonyl (C=O) groups excluding carboxylic acids is 1. The molecule has 6 heteroatoms. The molecule has 19 heavy (non-hydrogen) atoms. The third-order valence-corrected chi connectivity index (χ3v) is 3.04. The van der Waals surface area contributed by atoms with Crippen LogP contribution in [0.5, 0.6) is 0 Å². The van der Waals surface area contributed by atoms with E-state index < -0.39 is 0 Å². The largest absolute Gasteiger partial charge is 0.430 e. The van der Waals surface area contributed by atoms with Gasteiger partial charge in [-0.3, -0.25) is 4.79 Å². The average molecular weight is 279 g/mol. The fourth-order valence-corrected chi connectivity index (χ4v) is 2.16. The first kappa shape index (κ1) is 13.9. The van der Waals surface area contributed by atoms with Gasteiger partial charge in [0.15, 0.2) is 11.2 Å². The minimum atomic E-state index is -0.225. The van der Waals surface area contributed by atoms with Crippen LogP contribution in [0.25, 0.3) is 11.2 Å². The van der Waals surface area contributed by atoms with Crippen molar-refractivity contribution in [3.05, 3.63) is 17.8 Å². The predicted octanol–water partition coefficient (Wildman–Crippen LogP) is 2.54. The van der Waals surface area contributed by atoms with E-state index in [9.17, 15) is 4.79 Å². The van der Waals surface area contributed by atoms with E-state index in [1.165, 1.54) is 11.8 Å². The number of fused-ring (bicyclic) bond motifs is 1. The van der Waals surface area contributed by atoms with Crippen molar-refractivity contribution in [2.75, 3.05) is 5.75 Å². The van der Waals surface area contributed by atoms with Crippen LogP contribution in [0.4, 0.5) is 0 Å². The number of nitrogens with zero attached hydrogens (tertiary/aromatic N) is 2. The molecule has 5 nitrogen and oxygen atoms in total. The summed E-state index contributed by atoms with van der Waals surface area (Å²) in [5, 5.41) is 3.36. The van der Waals surface area contributed by atoms with E-state index in [1.54, 1.807) is 0 Å². The highest BCUT2D eigenvalue weighted by atomic mass is 32.2. The van der Waals surface area contributed by atoms with Gasteiger partial charge in [-0.1, -0.05) is 11.8 Å². The molecule has 0 saturated heterocycles. The molecule has 102 valence electrons. The van der Waals surface area contributed by atoms with Gasteiger partial charge in [-0.25, -0.2) is 4.98 Å². The number of aryl methyl sites for hydroxylation is 1. The van der Waals surface area contributed by atoms with Gasteiger partial charge in [0, 0.05) is 11.2 Å². The highest BCUT2D eigenvalue weighted by Gasteiger charge is 2.15. The summed E-state index contributed by atoms with van der Waals surface area (Å²) < 4.78 is 5.51. The van der Waals surface area contributed by atoms with Gasteiger partial charge >= 0.3 is 0 Å². The van der Waals surface area contributed by atoms with Crippen LogP contribution < -0.4 is 5.32 Å². The molecule has 0 unspecified atom stereocenters. The number of nitrogens with one attached hydrogen (secondary N) is 1. The maximum atomic E-state index is 11.7. The third-order valence-electron chi connectivity index (χ3n) is 2.21. The number of carbonyl (C=O) groups is 1. The molecule has 0 spiro atoms. The van der Waals surface area contributed by atoms with E-state index >= 15 is 0 Å². The lowest BCUT2D eigenvalue weighted by atomic mass is 10.1. The molecule has 0 bridgehead atoms. The summed E-state index contributed by atoms with van der Waals surface area (Å²) in [5.74, 6) is 0.243. The second-order valence-corrected chi connectivity index (χ2v) is 6.27. The monoisotopic (exact) mass is 279 g/mol. The Balaban J connectivity index is 2.00. The molecule has 0 aliphatic carbocycles. The van der Waals surface area contributed by atoms with Crippen molar-refractivity contribution in [2.24, 2.45) is 0 Å². The van der Waals surface area contributed by atoms with Gasteiger partial charge in [-0.05, 0) is 39.8 Å². The first-order valence-corrected chi connectivity index (χ1v) is 7.00. The van der Waals surface area contributed by atoms with Gasteiger partial charge in [-0.2, -0.15) is 4.98 Å². The molecule has 1 amide bonds. The van der Waals surface area contributed by atoms with E-state index in [4.69, 9.17) is 4.42 Å². The highest BCUT2D eigenvalue weighted by molar-refractivity contribution is 7.99. The predicted molar refractivity (Wildman–Crippen MR) is 75.2 cm³/mol. The van der Waals surface area contributed by atoms with Crippen LogP contribution in [0.1, 0.15) is 26.5 Å². The molecule has 0 saturated carbocycles. The van der Waals surface area contributed by atoms with Gasteiger partial charge in [0.1, 0.15) is 0 Å². The topological polar surface area (TPSA) is 68.0 Å². The fraction of sp³-hybridized carbons (Fsp3) is 0.462. The normalized spacial score (nSPS) is 11.8. The van der Waals surface area contributed by atoms with Crippen LogP contribution in [0.15, 0.2) is 21.8 Å². The standard InChI is InChI=1S/C13H17N3O2S/c1-8-5-6-9-11(14-8)15-12(18-9)19-7-10(17)16-13(2,3)4/h5-6H,7H2,1-4H3,(H,16,17). The lowest BCUT2D eigenvalue weighted by molar-refractivity contribution is -0.119. The minimum Gasteiger partial charge on any atom is -0.430 e. The molecule has 2 rings (SSSR count). The molecule has 2 aromatic heterocycles. The van der Waals surface area contributed by atoms with Crippen LogP contribution >= 0.6 is 11.8 Å². The van der Waals surface area contributed by atoms with E-state index in [2.05, 4.69) is 15.3 Å². The summed E-state index contributed by atoms with van der Waals surface area (Å²) in [6.45, 7) is 7.74. The molecule has 2 heterocycles. The van der Waals surface area contributed by atoms with Crippen molar-refractivity contribution in [2.45, 2.75) is 38.5 Å². The lowest BCUT2D eigenvalue weighted by Crippen LogP contribution is -2.41. The highest BCUT2D eigenvalue weighted by Crippen LogP contribution is 2.22. The Morgan fingerprint density at radius 1 is 1.37 bits per heavy atom. The Labute approximate surface area is 116 Å². The number of hydrogen-bond acceptors (Lipinski definition) is 5. The van der Waals surface area contributed by atoms with E-state index in [0.29, 0.717) is 16.5 Å². The van der Waals surface area contributed by atoms with Crippen LogP contribution in [0.2, 0.25) is 0 Å². The molecule has 0 radical (unpaired) electrons. The quantitative estimate of drug-likeness (QED) is 0.874. The second-order valence-electron chi connectivity index (χ2n) is 5.34. The Morgan fingerprint density at radius 2 is 2.11 bits per heavy atom. The molecular weight excluding hydrogens is 262 g/mol. The maximum Gasteiger partial charge on any atom is 0.258 e. The molecular formula is C13H17N3O2S. The average Bonchev–Trinajstić information content (AvgIpc) is 2.66. The minimum absolute atomic E-state index is 0.0381. The molecule has 0 aromatic carbocycles. The first-order chi connectivity index (χ1) is 8.83. The molecule has 0 atom stereocenters. The van der Waals surface area contributed by atoms with Gasteiger partial charge in [0.2, 0.25) is 5.91 Å². The summed E-state index contributed by atoms with van der Waals surface area (Å²) in [5.41, 5.74) is 1.89. The lowest BCUT2D eigenvalue weighted by Gasteiger charge is -2.19. The third kappa shape index (κ3) is 3.96. The summed E-state index contributed by atoms with van der Waals surface area (Å²) >= 11 is 1.27. The number of amides is 1. The first-order valence-electron chi connectivity index (χ1n) is 6.01. The number of thioether (sulfide) groups is 1. The zero-order valence-electron chi connectivity index (χ0n) is 11.5. The van der Waals surface area contributed by atoms with Crippen LogP contribution in [-0.4, -0.2) is 27.2 Å². The van der Waals surface area contributed by atoms with Crippen molar-refractivity contribution in [3.8, 4) is 0 Å². The Bertz CT molecular complexity index is 601.